The second-order valence-electron chi connectivity index (χ2n) is 4.56. The number of carboxylic acid groups (broad SMARTS) is 1. The van der Waals surface area contributed by atoms with Crippen LogP contribution < -0.4 is 5.32 Å². The van der Waals surface area contributed by atoms with Crippen molar-refractivity contribution >= 4 is 23.3 Å². The molecular formula is C13H17ClN2O3. The fourth-order valence-electron chi connectivity index (χ4n) is 2.22. The molecule has 2 rings (SSSR count). The maximum Gasteiger partial charge on any atom is 0.321 e. The first-order valence-electron chi connectivity index (χ1n) is 6.09. The second kappa shape index (κ2) is 6.23. The Kier molecular flexibility index (Phi) is 4.63. The van der Waals surface area contributed by atoms with Crippen LogP contribution in [0.25, 0.3) is 0 Å². The van der Waals surface area contributed by atoms with E-state index in [0.717, 1.165) is 5.69 Å². The van der Waals surface area contributed by atoms with Gasteiger partial charge in [0, 0.05) is 30.8 Å². The number of ether oxygens (including phenoxy) is 1. The third-order valence-electron chi connectivity index (χ3n) is 3.31. The summed E-state index contributed by atoms with van der Waals surface area (Å²) in [5, 5.41) is 13.1. The van der Waals surface area contributed by atoms with Crippen molar-refractivity contribution in [1.29, 1.82) is 0 Å². The van der Waals surface area contributed by atoms with Crippen molar-refractivity contribution in [3.63, 3.8) is 0 Å². The van der Waals surface area contributed by atoms with Gasteiger partial charge in [-0.3, -0.25) is 9.69 Å². The monoisotopic (exact) mass is 284 g/mol. The Balaban J connectivity index is 1.93. The molecule has 0 amide bonds. The highest BCUT2D eigenvalue weighted by Crippen LogP contribution is 2.20. The van der Waals surface area contributed by atoms with Crippen LogP contribution in [0.1, 0.15) is 6.42 Å². The molecule has 0 unspecified atom stereocenters. The normalized spacial score (nSPS) is 23.5. The summed E-state index contributed by atoms with van der Waals surface area (Å²) in [4.78, 5) is 13.1. The summed E-state index contributed by atoms with van der Waals surface area (Å²) in [6.07, 6.45) is 0.502. The Morgan fingerprint density at radius 3 is 2.79 bits per heavy atom. The Bertz CT molecular complexity index is 438. The third kappa shape index (κ3) is 3.59. The summed E-state index contributed by atoms with van der Waals surface area (Å²) in [5.41, 5.74) is 0.911. The molecule has 2 atom stereocenters. The lowest BCUT2D eigenvalue weighted by Gasteiger charge is -2.21. The Morgan fingerprint density at radius 2 is 2.21 bits per heavy atom. The van der Waals surface area contributed by atoms with Gasteiger partial charge < -0.3 is 15.2 Å². The molecule has 1 aliphatic rings. The van der Waals surface area contributed by atoms with E-state index in [4.69, 9.17) is 16.3 Å². The van der Waals surface area contributed by atoms with Crippen LogP contribution in [-0.4, -0.2) is 48.4 Å². The van der Waals surface area contributed by atoms with Crippen molar-refractivity contribution in [3.8, 4) is 0 Å². The molecule has 1 aromatic rings. The summed E-state index contributed by atoms with van der Waals surface area (Å²) in [6.45, 7) is 1.09. The number of hydrogen-bond acceptors (Lipinski definition) is 4. The zero-order chi connectivity index (χ0) is 13.8. The fourth-order valence-corrected chi connectivity index (χ4v) is 2.35. The van der Waals surface area contributed by atoms with Gasteiger partial charge in [-0.2, -0.15) is 0 Å². The van der Waals surface area contributed by atoms with Gasteiger partial charge in [0.05, 0.1) is 12.8 Å². The van der Waals surface area contributed by atoms with Gasteiger partial charge in [-0.25, -0.2) is 0 Å². The van der Waals surface area contributed by atoms with Gasteiger partial charge >= 0.3 is 5.97 Å². The third-order valence-corrected chi connectivity index (χ3v) is 3.57. The van der Waals surface area contributed by atoms with Crippen LogP contribution in [-0.2, 0) is 9.53 Å². The molecule has 6 heteroatoms. The molecule has 1 aliphatic heterocycles. The van der Waals surface area contributed by atoms with E-state index in [0.29, 0.717) is 24.7 Å². The van der Waals surface area contributed by atoms with Crippen LogP contribution in [0.15, 0.2) is 24.3 Å². The highest BCUT2D eigenvalue weighted by molar-refractivity contribution is 6.30. The van der Waals surface area contributed by atoms with Gasteiger partial charge in [-0.15, -0.1) is 0 Å². The van der Waals surface area contributed by atoms with Crippen molar-refractivity contribution in [2.45, 2.75) is 18.6 Å². The molecule has 0 spiro atoms. The molecule has 0 aliphatic carbocycles. The molecule has 5 nitrogen and oxygen atoms in total. The number of likely N-dealkylation sites (tertiary alicyclic amines) is 1. The number of nitrogens with one attached hydrogen (secondary N) is 1. The zero-order valence-electron chi connectivity index (χ0n) is 10.7. The lowest BCUT2D eigenvalue weighted by atomic mass is 10.2. The van der Waals surface area contributed by atoms with E-state index in [2.05, 4.69) is 5.32 Å². The van der Waals surface area contributed by atoms with Crippen molar-refractivity contribution in [3.05, 3.63) is 29.3 Å². The Hall–Kier alpha value is -1.30. The number of benzene rings is 1. The Labute approximate surface area is 117 Å². The molecule has 1 aromatic carbocycles. The number of carbonyl (C=O) groups is 1. The van der Waals surface area contributed by atoms with Crippen LogP contribution in [0.2, 0.25) is 5.02 Å². The molecule has 1 heterocycles. The minimum Gasteiger partial charge on any atom is -0.480 e. The predicted molar refractivity (Wildman–Crippen MR) is 73.5 cm³/mol. The van der Waals surface area contributed by atoms with E-state index in [1.54, 1.807) is 19.2 Å². The molecule has 0 saturated carbocycles. The van der Waals surface area contributed by atoms with Gasteiger partial charge in [0.15, 0.2) is 0 Å². The number of nitrogens with zero attached hydrogens (tertiary/aromatic N) is 1. The maximum atomic E-state index is 11.2. The van der Waals surface area contributed by atoms with Gasteiger partial charge in [-0.05, 0) is 24.3 Å². The van der Waals surface area contributed by atoms with E-state index >= 15 is 0 Å². The molecule has 1 fully saturated rings. The predicted octanol–water partition coefficient (Wildman–Crippen LogP) is 1.88. The second-order valence-corrected chi connectivity index (χ2v) is 5.00. The minimum atomic E-state index is -0.808. The van der Waals surface area contributed by atoms with E-state index in [1.807, 2.05) is 17.0 Å². The van der Waals surface area contributed by atoms with E-state index in [-0.39, 0.29) is 6.10 Å². The molecule has 0 bridgehead atoms. The number of hydrogen-bond donors (Lipinski definition) is 2. The molecule has 1 saturated heterocycles. The minimum absolute atomic E-state index is 0.0203. The first-order valence-corrected chi connectivity index (χ1v) is 6.47. The highest BCUT2D eigenvalue weighted by atomic mass is 35.5. The molecule has 2 N–H and O–H groups in total. The van der Waals surface area contributed by atoms with Gasteiger partial charge in [0.2, 0.25) is 0 Å². The number of aliphatic carboxylic acids is 1. The van der Waals surface area contributed by atoms with E-state index < -0.39 is 12.0 Å². The van der Waals surface area contributed by atoms with Crippen LogP contribution in [0.3, 0.4) is 0 Å². The lowest BCUT2D eigenvalue weighted by molar-refractivity contribution is -0.142. The van der Waals surface area contributed by atoms with Crippen molar-refractivity contribution in [2.75, 3.05) is 25.6 Å². The number of halogens is 1. The first kappa shape index (κ1) is 14.1. The molecule has 0 aromatic heterocycles. The highest BCUT2D eigenvalue weighted by Gasteiger charge is 2.36. The fraction of sp³-hybridized carbons (Fsp3) is 0.462. The van der Waals surface area contributed by atoms with Crippen molar-refractivity contribution in [2.24, 2.45) is 0 Å². The van der Waals surface area contributed by atoms with Gasteiger partial charge in [0.1, 0.15) is 6.04 Å². The van der Waals surface area contributed by atoms with E-state index in [1.165, 1.54) is 0 Å². The number of rotatable bonds is 5. The average Bonchev–Trinajstić information content (AvgIpc) is 2.81. The topological polar surface area (TPSA) is 61.8 Å². The summed E-state index contributed by atoms with van der Waals surface area (Å²) < 4.78 is 5.24. The van der Waals surface area contributed by atoms with E-state index in [9.17, 15) is 9.90 Å². The molecule has 19 heavy (non-hydrogen) atoms. The largest absolute Gasteiger partial charge is 0.480 e. The quantitative estimate of drug-likeness (QED) is 0.864. The van der Waals surface area contributed by atoms with Gasteiger partial charge in [-0.1, -0.05) is 11.6 Å². The van der Waals surface area contributed by atoms with Crippen LogP contribution in [0.5, 0.6) is 0 Å². The standard InChI is InChI=1S/C13H17ClN2O3/c1-19-11-6-12(13(17)18)16(7-11)8-15-10-4-2-9(14)3-5-10/h2-5,11-12,15H,6-8H2,1H3,(H,17,18)/t11-,12-/m0/s1. The number of methoxy groups -OCH3 is 1. The smallest absolute Gasteiger partial charge is 0.321 e. The number of anilines is 1. The van der Waals surface area contributed by atoms with Crippen molar-refractivity contribution in [1.82, 2.24) is 4.90 Å². The van der Waals surface area contributed by atoms with Crippen LogP contribution in [0.4, 0.5) is 5.69 Å². The SMILES string of the molecule is CO[C@H]1C[C@@H](C(=O)O)N(CNc2ccc(Cl)cc2)C1. The Morgan fingerprint density at radius 1 is 1.53 bits per heavy atom. The summed E-state index contributed by atoms with van der Waals surface area (Å²) in [7, 11) is 1.61. The maximum absolute atomic E-state index is 11.2. The summed E-state index contributed by atoms with van der Waals surface area (Å²) in [5.74, 6) is -0.808. The van der Waals surface area contributed by atoms with Crippen LogP contribution in [0, 0.1) is 0 Å². The summed E-state index contributed by atoms with van der Waals surface area (Å²) in [6, 6.07) is 6.81. The van der Waals surface area contributed by atoms with Gasteiger partial charge in [0.25, 0.3) is 0 Å². The van der Waals surface area contributed by atoms with Crippen LogP contribution >= 0.6 is 11.6 Å². The number of carboxylic acids is 1. The van der Waals surface area contributed by atoms with Crippen molar-refractivity contribution < 1.29 is 14.6 Å². The molecule has 0 radical (unpaired) electrons. The molecular weight excluding hydrogens is 268 g/mol. The molecule has 104 valence electrons. The lowest BCUT2D eigenvalue weighted by Crippen LogP contribution is -2.39. The summed E-state index contributed by atoms with van der Waals surface area (Å²) >= 11 is 5.81. The zero-order valence-corrected chi connectivity index (χ0v) is 11.4. The average molecular weight is 285 g/mol. The first-order chi connectivity index (χ1) is 9.10.